The second-order valence-corrected chi connectivity index (χ2v) is 25.3. The van der Waals surface area contributed by atoms with Crippen molar-refractivity contribution in [1.29, 1.82) is 0 Å². The van der Waals surface area contributed by atoms with Gasteiger partial charge in [0.15, 0.2) is 0 Å². The van der Waals surface area contributed by atoms with Gasteiger partial charge in [0.05, 0.1) is 11.1 Å². The van der Waals surface area contributed by atoms with Crippen molar-refractivity contribution in [2.24, 2.45) is 0 Å². The summed E-state index contributed by atoms with van der Waals surface area (Å²) in [6.45, 7) is 23.5. The van der Waals surface area contributed by atoms with Gasteiger partial charge >= 0.3 is 0 Å². The molecule has 0 saturated carbocycles. The number of fused-ring (bicyclic) bond motifs is 16. The van der Waals surface area contributed by atoms with Crippen molar-refractivity contribution in [3.63, 3.8) is 0 Å². The number of nitrogens with zero attached hydrogens (tertiary/aromatic N) is 1. The molecule has 370 valence electrons. The predicted octanol–water partition coefficient (Wildman–Crippen LogP) is 20.0. The van der Waals surface area contributed by atoms with E-state index in [4.69, 9.17) is 0 Å². The van der Waals surface area contributed by atoms with Crippen molar-refractivity contribution in [2.45, 2.75) is 96.3 Å². The van der Waals surface area contributed by atoms with E-state index in [1.807, 2.05) is 0 Å². The highest BCUT2D eigenvalue weighted by Gasteiger charge is 2.53. The van der Waals surface area contributed by atoms with Gasteiger partial charge in [-0.2, -0.15) is 0 Å². The molecule has 4 aliphatic carbocycles. The molecule has 4 aliphatic rings. The van der Waals surface area contributed by atoms with Crippen LogP contribution in [0.3, 0.4) is 0 Å². The fourth-order valence-electron chi connectivity index (χ4n) is 14.3. The van der Waals surface area contributed by atoms with Crippen LogP contribution in [0, 0.1) is 0 Å². The Morgan fingerprint density at radius 2 is 0.750 bits per heavy atom. The van der Waals surface area contributed by atoms with Gasteiger partial charge in [0, 0.05) is 27.8 Å². The Hall–Kier alpha value is -8.00. The molecular formula is C75H65N. The number of benzene rings is 10. The third-order valence-corrected chi connectivity index (χ3v) is 18.2. The van der Waals surface area contributed by atoms with Crippen molar-refractivity contribution in [3.05, 3.63) is 268 Å². The SMILES string of the molecule is CC(C)(C)c1ccc2c(c1)-c1cc(C(C)(C)C)ccc1C21c2ccccc2-c2c(N(c3ccc(-c4ccc5c(c4)C(C)(C)c4ccccc4-5)cc3)c3ccc(-c4cccc5c4C(C)(C)c4ccccc4-5)cc3)cccc21. The highest BCUT2D eigenvalue weighted by molar-refractivity contribution is 6.02. The highest BCUT2D eigenvalue weighted by atomic mass is 15.1. The zero-order chi connectivity index (χ0) is 52.3. The largest absolute Gasteiger partial charge is 0.310 e. The molecule has 0 amide bonds. The van der Waals surface area contributed by atoms with Crippen LogP contribution in [0.5, 0.6) is 0 Å². The minimum Gasteiger partial charge on any atom is -0.310 e. The van der Waals surface area contributed by atoms with E-state index >= 15 is 0 Å². The molecule has 0 unspecified atom stereocenters. The third-order valence-electron chi connectivity index (χ3n) is 18.2. The van der Waals surface area contributed by atoms with E-state index in [-0.39, 0.29) is 21.7 Å². The molecule has 1 nitrogen and oxygen atoms in total. The van der Waals surface area contributed by atoms with Gasteiger partial charge in [-0.15, -0.1) is 0 Å². The molecule has 0 aliphatic heterocycles. The quantitative estimate of drug-likeness (QED) is 0.166. The van der Waals surface area contributed by atoms with Crippen LogP contribution in [-0.4, -0.2) is 0 Å². The van der Waals surface area contributed by atoms with Crippen LogP contribution in [-0.2, 0) is 27.1 Å². The van der Waals surface area contributed by atoms with Crippen molar-refractivity contribution in [3.8, 4) is 66.8 Å². The van der Waals surface area contributed by atoms with Crippen LogP contribution >= 0.6 is 0 Å². The van der Waals surface area contributed by atoms with Gasteiger partial charge < -0.3 is 4.90 Å². The maximum absolute atomic E-state index is 2.53. The average molecular weight is 980 g/mol. The lowest BCUT2D eigenvalue weighted by Crippen LogP contribution is -2.26. The molecular weight excluding hydrogens is 915 g/mol. The number of hydrogen-bond acceptors (Lipinski definition) is 1. The zero-order valence-corrected chi connectivity index (χ0v) is 45.7. The predicted molar refractivity (Wildman–Crippen MR) is 321 cm³/mol. The van der Waals surface area contributed by atoms with Crippen LogP contribution in [0.4, 0.5) is 17.1 Å². The first-order valence-electron chi connectivity index (χ1n) is 27.5. The van der Waals surface area contributed by atoms with Crippen LogP contribution in [0.2, 0.25) is 0 Å². The van der Waals surface area contributed by atoms with Crippen molar-refractivity contribution >= 4 is 17.1 Å². The summed E-state index contributed by atoms with van der Waals surface area (Å²) in [5.74, 6) is 0. The molecule has 0 saturated heterocycles. The maximum atomic E-state index is 2.53. The minimum absolute atomic E-state index is 0.00158. The van der Waals surface area contributed by atoms with E-state index in [2.05, 4.69) is 286 Å². The second kappa shape index (κ2) is 16.0. The van der Waals surface area contributed by atoms with Gasteiger partial charge in [-0.3, -0.25) is 0 Å². The van der Waals surface area contributed by atoms with Crippen molar-refractivity contribution < 1.29 is 0 Å². The molecule has 0 radical (unpaired) electrons. The fraction of sp³-hybridized carbons (Fsp3) is 0.200. The van der Waals surface area contributed by atoms with Gasteiger partial charge in [0.1, 0.15) is 0 Å². The van der Waals surface area contributed by atoms with Gasteiger partial charge in [-0.05, 0) is 164 Å². The summed E-state index contributed by atoms with van der Waals surface area (Å²) < 4.78 is 0. The Bertz CT molecular complexity index is 3990. The zero-order valence-electron chi connectivity index (χ0n) is 45.7. The van der Waals surface area contributed by atoms with Crippen LogP contribution in [0.15, 0.2) is 212 Å². The molecule has 0 heterocycles. The lowest BCUT2D eigenvalue weighted by molar-refractivity contribution is 0.589. The Labute approximate surface area is 450 Å². The average Bonchev–Trinajstić information content (AvgIpc) is 4.28. The van der Waals surface area contributed by atoms with E-state index in [9.17, 15) is 0 Å². The summed E-state index contributed by atoms with van der Waals surface area (Å²) in [7, 11) is 0. The summed E-state index contributed by atoms with van der Waals surface area (Å²) in [5.41, 5.74) is 32.0. The van der Waals surface area contributed by atoms with Crippen molar-refractivity contribution in [1.82, 2.24) is 0 Å². The van der Waals surface area contributed by atoms with Gasteiger partial charge in [-0.25, -0.2) is 0 Å². The molecule has 0 aromatic heterocycles. The molecule has 0 fully saturated rings. The Balaban J connectivity index is 0.962. The second-order valence-electron chi connectivity index (χ2n) is 25.3. The fourth-order valence-corrected chi connectivity index (χ4v) is 14.3. The summed E-state index contributed by atoms with van der Waals surface area (Å²) in [4.78, 5) is 2.53. The summed E-state index contributed by atoms with van der Waals surface area (Å²) in [5, 5.41) is 0. The number of hydrogen-bond donors (Lipinski definition) is 0. The van der Waals surface area contributed by atoms with E-state index in [1.165, 1.54) is 128 Å². The smallest absolute Gasteiger partial charge is 0.0726 e. The van der Waals surface area contributed by atoms with E-state index in [1.54, 1.807) is 0 Å². The molecule has 0 bridgehead atoms. The van der Waals surface area contributed by atoms with E-state index in [0.29, 0.717) is 0 Å². The first-order chi connectivity index (χ1) is 36.5. The highest BCUT2D eigenvalue weighted by Crippen LogP contribution is 2.65. The van der Waals surface area contributed by atoms with Gasteiger partial charge in [0.25, 0.3) is 0 Å². The van der Waals surface area contributed by atoms with Crippen molar-refractivity contribution in [2.75, 3.05) is 4.90 Å². The Kier molecular flexibility index (Phi) is 9.80. The Morgan fingerprint density at radius 1 is 0.303 bits per heavy atom. The molecule has 10 aromatic rings. The van der Waals surface area contributed by atoms with E-state index < -0.39 is 5.41 Å². The number of rotatable bonds is 5. The lowest BCUT2D eigenvalue weighted by Gasteiger charge is -2.32. The summed E-state index contributed by atoms with van der Waals surface area (Å²) in [6.07, 6.45) is 0. The molecule has 76 heavy (non-hydrogen) atoms. The first kappa shape index (κ1) is 46.5. The van der Waals surface area contributed by atoms with Gasteiger partial charge in [0.2, 0.25) is 0 Å². The topological polar surface area (TPSA) is 3.24 Å². The van der Waals surface area contributed by atoms with Gasteiger partial charge in [-0.1, -0.05) is 245 Å². The minimum atomic E-state index is -0.502. The van der Waals surface area contributed by atoms with Crippen LogP contribution in [0.1, 0.15) is 125 Å². The molecule has 1 spiro atoms. The summed E-state index contributed by atoms with van der Waals surface area (Å²) in [6, 6.07) is 81.8. The summed E-state index contributed by atoms with van der Waals surface area (Å²) >= 11 is 0. The van der Waals surface area contributed by atoms with E-state index in [0.717, 1.165) is 11.4 Å². The third kappa shape index (κ3) is 6.45. The van der Waals surface area contributed by atoms with Crippen LogP contribution in [0.25, 0.3) is 66.8 Å². The number of anilines is 3. The Morgan fingerprint density at radius 3 is 1.36 bits per heavy atom. The molecule has 1 heteroatoms. The van der Waals surface area contributed by atoms with Crippen LogP contribution < -0.4 is 4.90 Å². The lowest BCUT2D eigenvalue weighted by atomic mass is 9.70. The normalized spacial score (nSPS) is 15.3. The first-order valence-corrected chi connectivity index (χ1v) is 27.5. The molecule has 0 N–H and O–H groups in total. The molecule has 10 aromatic carbocycles. The standard InChI is InChI=1S/C75H65N/c1-71(2,3)49-34-41-64-59(44-49)60-45-50(72(4,5)6)35-42-65(60)75(64)63-26-16-13-21-58(63)69-66(75)27-18-28-68(69)76(51-36-29-46(30-37-51)48-33-40-56-54-19-11-14-24-61(54)73(7,8)67(56)43-48)52-38-31-47(32-39-52)53-22-17-23-57-55-20-12-15-25-62(55)74(9,10)70(53)57/h11-45H,1-10H3. The monoisotopic (exact) mass is 980 g/mol. The molecule has 0 atom stereocenters. The molecule has 14 rings (SSSR count). The maximum Gasteiger partial charge on any atom is 0.0726 e.